The molecule has 0 saturated carbocycles. The van der Waals surface area contributed by atoms with E-state index in [-0.39, 0.29) is 11.7 Å². The van der Waals surface area contributed by atoms with Crippen LogP contribution in [0.3, 0.4) is 0 Å². The molecule has 2 N–H and O–H groups in total. The Labute approximate surface area is 128 Å². The quantitative estimate of drug-likeness (QED) is 0.875. The number of amides is 1. The van der Waals surface area contributed by atoms with Crippen molar-refractivity contribution in [1.29, 1.82) is 0 Å². The van der Waals surface area contributed by atoms with E-state index in [2.05, 4.69) is 0 Å². The highest BCUT2D eigenvalue weighted by atomic mass is 35.5. The average molecular weight is 307 g/mol. The lowest BCUT2D eigenvalue weighted by Crippen LogP contribution is -2.30. The molecule has 110 valence electrons. The van der Waals surface area contributed by atoms with E-state index >= 15 is 0 Å². The molecule has 0 aromatic heterocycles. The Morgan fingerprint density at radius 3 is 2.67 bits per heavy atom. The highest BCUT2D eigenvalue weighted by molar-refractivity contribution is 6.33. The van der Waals surface area contributed by atoms with E-state index < -0.39 is 0 Å². The van der Waals surface area contributed by atoms with Gasteiger partial charge in [-0.05, 0) is 42.8 Å². The third kappa shape index (κ3) is 3.73. The molecule has 0 spiro atoms. The molecule has 3 nitrogen and oxygen atoms in total. The summed E-state index contributed by atoms with van der Waals surface area (Å²) in [6.45, 7) is 2.73. The van der Waals surface area contributed by atoms with Crippen LogP contribution in [0.5, 0.6) is 0 Å². The molecule has 5 heteroatoms. The molecular formula is C16H16ClFN2O. The van der Waals surface area contributed by atoms with Crippen molar-refractivity contribution < 1.29 is 9.18 Å². The van der Waals surface area contributed by atoms with Gasteiger partial charge in [-0.3, -0.25) is 4.79 Å². The van der Waals surface area contributed by atoms with Gasteiger partial charge >= 0.3 is 0 Å². The number of carbonyl (C=O) groups is 1. The topological polar surface area (TPSA) is 46.3 Å². The molecule has 0 heterocycles. The van der Waals surface area contributed by atoms with Gasteiger partial charge in [0.15, 0.2) is 0 Å². The average Bonchev–Trinajstić information content (AvgIpc) is 2.47. The molecule has 2 aromatic carbocycles. The molecule has 0 fully saturated rings. The van der Waals surface area contributed by atoms with Gasteiger partial charge in [-0.1, -0.05) is 23.7 Å². The number of rotatable bonds is 4. The molecule has 0 unspecified atom stereocenters. The molecule has 2 rings (SSSR count). The van der Waals surface area contributed by atoms with Crippen molar-refractivity contribution in [2.75, 3.05) is 12.3 Å². The minimum atomic E-state index is -0.313. The van der Waals surface area contributed by atoms with E-state index in [9.17, 15) is 9.18 Å². The lowest BCUT2D eigenvalue weighted by molar-refractivity contribution is 0.0752. The first kappa shape index (κ1) is 15.3. The molecule has 0 bridgehead atoms. The summed E-state index contributed by atoms with van der Waals surface area (Å²) in [7, 11) is 0. The molecule has 0 aliphatic carbocycles. The maximum atomic E-state index is 13.2. The van der Waals surface area contributed by atoms with Crippen LogP contribution in [-0.2, 0) is 6.54 Å². The number of hydrogen-bond acceptors (Lipinski definition) is 2. The maximum absolute atomic E-state index is 13.2. The smallest absolute Gasteiger partial charge is 0.254 e. The first-order valence-electron chi connectivity index (χ1n) is 6.60. The number of hydrogen-bond donors (Lipinski definition) is 1. The summed E-state index contributed by atoms with van der Waals surface area (Å²) in [5.41, 5.74) is 7.30. The number of nitrogen functional groups attached to an aromatic ring is 1. The molecular weight excluding hydrogens is 291 g/mol. The number of anilines is 1. The van der Waals surface area contributed by atoms with Crippen molar-refractivity contribution in [3.05, 3.63) is 64.4 Å². The van der Waals surface area contributed by atoms with Crippen molar-refractivity contribution >= 4 is 23.2 Å². The second-order valence-electron chi connectivity index (χ2n) is 4.69. The molecule has 0 atom stereocenters. The predicted molar refractivity (Wildman–Crippen MR) is 82.7 cm³/mol. The zero-order valence-electron chi connectivity index (χ0n) is 11.6. The van der Waals surface area contributed by atoms with Crippen molar-refractivity contribution in [3.8, 4) is 0 Å². The van der Waals surface area contributed by atoms with Crippen molar-refractivity contribution in [1.82, 2.24) is 4.90 Å². The van der Waals surface area contributed by atoms with Crippen LogP contribution in [0.4, 0.5) is 10.1 Å². The Balaban J connectivity index is 2.20. The summed E-state index contributed by atoms with van der Waals surface area (Å²) in [6.07, 6.45) is 0. The number of carbonyl (C=O) groups excluding carboxylic acids is 1. The first-order valence-corrected chi connectivity index (χ1v) is 6.97. The highest BCUT2D eigenvalue weighted by Gasteiger charge is 2.15. The van der Waals surface area contributed by atoms with Gasteiger partial charge in [-0.15, -0.1) is 0 Å². The van der Waals surface area contributed by atoms with Crippen LogP contribution in [0.2, 0.25) is 5.02 Å². The minimum Gasteiger partial charge on any atom is -0.398 e. The van der Waals surface area contributed by atoms with Crippen LogP contribution in [-0.4, -0.2) is 17.4 Å². The largest absolute Gasteiger partial charge is 0.398 e. The number of nitrogens with two attached hydrogens (primary N) is 1. The fraction of sp³-hybridized carbons (Fsp3) is 0.188. The van der Waals surface area contributed by atoms with Crippen molar-refractivity contribution in [3.63, 3.8) is 0 Å². The Morgan fingerprint density at radius 2 is 2.05 bits per heavy atom. The zero-order chi connectivity index (χ0) is 15.4. The normalized spacial score (nSPS) is 10.4. The molecule has 21 heavy (non-hydrogen) atoms. The van der Waals surface area contributed by atoms with Crippen LogP contribution < -0.4 is 5.73 Å². The van der Waals surface area contributed by atoms with E-state index in [1.807, 2.05) is 6.92 Å². The number of nitrogens with zero attached hydrogens (tertiary/aromatic N) is 1. The van der Waals surface area contributed by atoms with Crippen LogP contribution >= 0.6 is 11.6 Å². The third-order valence-electron chi connectivity index (χ3n) is 3.17. The van der Waals surface area contributed by atoms with E-state index in [1.54, 1.807) is 35.2 Å². The molecule has 1 amide bonds. The monoisotopic (exact) mass is 306 g/mol. The molecule has 0 aliphatic heterocycles. The lowest BCUT2D eigenvalue weighted by atomic mass is 10.1. The van der Waals surface area contributed by atoms with Gasteiger partial charge in [0.2, 0.25) is 0 Å². The van der Waals surface area contributed by atoms with E-state index in [1.165, 1.54) is 12.1 Å². The van der Waals surface area contributed by atoms with Gasteiger partial charge in [0, 0.05) is 18.7 Å². The van der Waals surface area contributed by atoms with Crippen LogP contribution in [0, 0.1) is 5.82 Å². The zero-order valence-corrected chi connectivity index (χ0v) is 12.4. The maximum Gasteiger partial charge on any atom is 0.254 e. The second kappa shape index (κ2) is 6.59. The summed E-state index contributed by atoms with van der Waals surface area (Å²) in [5, 5.41) is 0.416. The summed E-state index contributed by atoms with van der Waals surface area (Å²) in [6, 6.07) is 11.0. The minimum absolute atomic E-state index is 0.162. The Hall–Kier alpha value is -2.07. The van der Waals surface area contributed by atoms with E-state index in [4.69, 9.17) is 17.3 Å². The van der Waals surface area contributed by atoms with E-state index in [0.717, 1.165) is 5.56 Å². The number of halogens is 2. The van der Waals surface area contributed by atoms with Gasteiger partial charge in [0.1, 0.15) is 5.82 Å². The van der Waals surface area contributed by atoms with Crippen LogP contribution in [0.25, 0.3) is 0 Å². The fourth-order valence-corrected chi connectivity index (χ4v) is 2.16. The second-order valence-corrected chi connectivity index (χ2v) is 5.09. The SMILES string of the molecule is CCN(Cc1cccc(F)c1)C(=O)c1ccc(Cl)c(N)c1. The van der Waals surface area contributed by atoms with Gasteiger partial charge in [-0.25, -0.2) is 4.39 Å². The molecule has 0 aliphatic rings. The molecule has 0 radical (unpaired) electrons. The Bertz CT molecular complexity index is 660. The first-order chi connectivity index (χ1) is 10.0. The number of benzene rings is 2. The van der Waals surface area contributed by atoms with E-state index in [0.29, 0.717) is 29.4 Å². The Kier molecular flexibility index (Phi) is 4.81. The van der Waals surface area contributed by atoms with Gasteiger partial charge in [-0.2, -0.15) is 0 Å². The van der Waals surface area contributed by atoms with Crippen molar-refractivity contribution in [2.45, 2.75) is 13.5 Å². The predicted octanol–water partition coefficient (Wildman–Crippen LogP) is 3.72. The Morgan fingerprint density at radius 1 is 1.29 bits per heavy atom. The van der Waals surface area contributed by atoms with Crippen LogP contribution in [0.15, 0.2) is 42.5 Å². The summed E-state index contributed by atoms with van der Waals surface area (Å²) in [5.74, 6) is -0.475. The third-order valence-corrected chi connectivity index (χ3v) is 3.52. The molecule has 2 aromatic rings. The lowest BCUT2D eigenvalue weighted by Gasteiger charge is -2.21. The van der Waals surface area contributed by atoms with Gasteiger partial charge in [0.05, 0.1) is 10.7 Å². The van der Waals surface area contributed by atoms with Gasteiger partial charge < -0.3 is 10.6 Å². The summed E-state index contributed by atoms with van der Waals surface area (Å²) < 4.78 is 13.2. The van der Waals surface area contributed by atoms with Gasteiger partial charge in [0.25, 0.3) is 5.91 Å². The van der Waals surface area contributed by atoms with Crippen molar-refractivity contribution in [2.24, 2.45) is 0 Å². The highest BCUT2D eigenvalue weighted by Crippen LogP contribution is 2.21. The van der Waals surface area contributed by atoms with Crippen LogP contribution in [0.1, 0.15) is 22.8 Å². The summed E-state index contributed by atoms with van der Waals surface area (Å²) >= 11 is 5.85. The standard InChI is InChI=1S/C16H16ClFN2O/c1-2-20(10-11-4-3-5-13(18)8-11)16(21)12-6-7-14(17)15(19)9-12/h3-9H,2,10,19H2,1H3. The summed E-state index contributed by atoms with van der Waals surface area (Å²) in [4.78, 5) is 14.1. The molecule has 0 saturated heterocycles. The fourth-order valence-electron chi connectivity index (χ4n) is 2.04.